The van der Waals surface area contributed by atoms with Gasteiger partial charge in [0.1, 0.15) is 29.9 Å². The average molecular weight is 781 g/mol. The van der Waals surface area contributed by atoms with Gasteiger partial charge in [-0.05, 0) is 52.6 Å². The van der Waals surface area contributed by atoms with Crippen molar-refractivity contribution < 1.29 is 38.5 Å². The van der Waals surface area contributed by atoms with Crippen molar-refractivity contribution in [2.45, 2.75) is 29.6 Å². The number of phenols is 1. The summed E-state index contributed by atoms with van der Waals surface area (Å²) in [5.41, 5.74) is 1.30. The molecule has 0 radical (unpaired) electrons. The molecule has 1 spiro atoms. The van der Waals surface area contributed by atoms with Crippen molar-refractivity contribution in [3.8, 4) is 5.75 Å². The minimum absolute atomic E-state index is 0.0196. The van der Waals surface area contributed by atoms with Gasteiger partial charge in [-0.1, -0.05) is 114 Å². The van der Waals surface area contributed by atoms with Gasteiger partial charge in [-0.2, -0.15) is 0 Å². The van der Waals surface area contributed by atoms with E-state index in [4.69, 9.17) is 14.2 Å². The first-order valence-electron chi connectivity index (χ1n) is 18.5. The van der Waals surface area contributed by atoms with Crippen LogP contribution in [0.15, 0.2) is 133 Å². The number of anilines is 2. The Morgan fingerprint density at radius 2 is 1.47 bits per heavy atom. The zero-order chi connectivity index (χ0) is 39.3. The lowest BCUT2D eigenvalue weighted by atomic mass is 9.65. The highest BCUT2D eigenvalue weighted by molar-refractivity contribution is 7.22. The maximum absolute atomic E-state index is 15.8. The summed E-state index contributed by atoms with van der Waals surface area (Å²) in [5.74, 6) is -3.63. The van der Waals surface area contributed by atoms with Gasteiger partial charge in [0, 0.05) is 7.11 Å². The zero-order valence-corrected chi connectivity index (χ0v) is 31.4. The van der Waals surface area contributed by atoms with Crippen molar-refractivity contribution in [1.29, 1.82) is 0 Å². The molecule has 2 saturated heterocycles. The molecule has 6 aromatic rings. The van der Waals surface area contributed by atoms with E-state index in [1.807, 2.05) is 89.8 Å². The van der Waals surface area contributed by atoms with Crippen LogP contribution >= 0.6 is 11.3 Å². The number of benzene rings is 5. The summed E-state index contributed by atoms with van der Waals surface area (Å²) < 4.78 is 18.0. The topological polar surface area (TPSA) is 148 Å². The van der Waals surface area contributed by atoms with Gasteiger partial charge in [-0.15, -0.1) is 0 Å². The highest BCUT2D eigenvalue weighted by Gasteiger charge is 2.75. The molecule has 13 heteroatoms. The molecule has 286 valence electrons. The van der Waals surface area contributed by atoms with Crippen LogP contribution < -0.4 is 10.2 Å². The molecule has 3 amide bonds. The van der Waals surface area contributed by atoms with E-state index < -0.39 is 59.4 Å². The number of ether oxygens (including phenoxy) is 3. The summed E-state index contributed by atoms with van der Waals surface area (Å²) in [6, 6.07) is 36.3. The summed E-state index contributed by atoms with van der Waals surface area (Å²) in [6.45, 7) is -0.0433. The second-order valence-corrected chi connectivity index (χ2v) is 15.1. The first kappa shape index (κ1) is 36.2. The predicted molar refractivity (Wildman–Crippen MR) is 212 cm³/mol. The van der Waals surface area contributed by atoms with Crippen LogP contribution in [0, 0.1) is 5.92 Å². The van der Waals surface area contributed by atoms with Gasteiger partial charge in [0.15, 0.2) is 5.13 Å². The van der Waals surface area contributed by atoms with Crippen molar-refractivity contribution in [2.24, 2.45) is 5.92 Å². The molecule has 3 aliphatic rings. The molecular formula is C44H36N4O8S. The number of carbonyl (C=O) groups excluding carboxylic acids is 4. The van der Waals surface area contributed by atoms with E-state index in [2.05, 4.69) is 10.3 Å². The number of carbonyl (C=O) groups is 4. The van der Waals surface area contributed by atoms with Crippen LogP contribution in [-0.2, 0) is 34.0 Å². The number of thiazole rings is 1. The first-order valence-corrected chi connectivity index (χ1v) is 19.3. The number of methoxy groups -OCH3 is 1. The Bertz CT molecular complexity index is 2460. The molecule has 1 aromatic heterocycles. The van der Waals surface area contributed by atoms with Crippen molar-refractivity contribution in [1.82, 2.24) is 9.88 Å². The second kappa shape index (κ2) is 14.6. The molecule has 6 atom stereocenters. The summed E-state index contributed by atoms with van der Waals surface area (Å²) in [6.07, 6.45) is -1.83. The number of nitrogens with one attached hydrogen (secondary N) is 1. The number of fused-ring (bicyclic) bond motifs is 4. The Labute approximate surface area is 331 Å². The maximum atomic E-state index is 15.8. The van der Waals surface area contributed by atoms with E-state index in [0.717, 1.165) is 15.2 Å². The third kappa shape index (κ3) is 5.85. The van der Waals surface area contributed by atoms with E-state index in [9.17, 15) is 14.7 Å². The number of phenolic OH excluding ortho intramolecular Hbond substituents is 1. The SMILES string of the molecule is COCCOC(=O)N1C(=O)[C@@]2(c3ccccc31)[C@H](C(=O)Nc1nc3ccccc3s1)[C@H]1C(=O)O[C@H](c3ccccc3)[C@H](c3ccccc3)N1[C@@H]2c1ccc(O)cc1. The number of aromatic nitrogens is 1. The molecule has 12 nitrogen and oxygen atoms in total. The smallest absolute Gasteiger partial charge is 0.421 e. The second-order valence-electron chi connectivity index (χ2n) is 14.1. The van der Waals surface area contributed by atoms with E-state index in [0.29, 0.717) is 22.2 Å². The van der Waals surface area contributed by atoms with E-state index >= 15 is 9.59 Å². The lowest BCUT2D eigenvalue weighted by Gasteiger charge is -2.46. The lowest BCUT2D eigenvalue weighted by molar-refractivity contribution is -0.177. The van der Waals surface area contributed by atoms with E-state index in [1.54, 1.807) is 36.4 Å². The lowest BCUT2D eigenvalue weighted by Crippen LogP contribution is -2.54. The van der Waals surface area contributed by atoms with Crippen molar-refractivity contribution >= 4 is 56.2 Å². The van der Waals surface area contributed by atoms with Gasteiger partial charge in [0.25, 0.3) is 0 Å². The number of hydrogen-bond acceptors (Lipinski definition) is 11. The number of cyclic esters (lactones) is 1. The van der Waals surface area contributed by atoms with Gasteiger partial charge in [-0.25, -0.2) is 14.7 Å². The summed E-state index contributed by atoms with van der Waals surface area (Å²) >= 11 is 1.26. The van der Waals surface area contributed by atoms with Gasteiger partial charge >= 0.3 is 12.1 Å². The fraction of sp³-hybridized carbons (Fsp3) is 0.205. The molecule has 9 rings (SSSR count). The number of hydrogen-bond donors (Lipinski definition) is 2. The van der Waals surface area contributed by atoms with Crippen molar-refractivity contribution in [3.05, 3.63) is 156 Å². The van der Waals surface area contributed by atoms with Crippen LogP contribution in [0.25, 0.3) is 10.2 Å². The molecular weight excluding hydrogens is 745 g/mol. The number of nitrogens with zero attached hydrogens (tertiary/aromatic N) is 3. The molecule has 0 aliphatic carbocycles. The summed E-state index contributed by atoms with van der Waals surface area (Å²) in [5, 5.41) is 13.8. The van der Waals surface area contributed by atoms with Crippen molar-refractivity contribution in [2.75, 3.05) is 30.5 Å². The predicted octanol–water partition coefficient (Wildman–Crippen LogP) is 7.09. The van der Waals surface area contributed by atoms with Crippen molar-refractivity contribution in [3.63, 3.8) is 0 Å². The number of morpholine rings is 1. The highest BCUT2D eigenvalue weighted by atomic mass is 32.1. The van der Waals surface area contributed by atoms with Crippen LogP contribution in [0.2, 0.25) is 0 Å². The quantitative estimate of drug-likeness (QED) is 0.121. The molecule has 2 N–H and O–H groups in total. The molecule has 3 aliphatic heterocycles. The molecule has 2 fully saturated rings. The van der Waals surface area contributed by atoms with E-state index in [-0.39, 0.29) is 29.8 Å². The fourth-order valence-corrected chi connectivity index (χ4v) is 9.75. The maximum Gasteiger partial charge on any atom is 0.421 e. The van der Waals surface area contributed by atoms with Crippen LogP contribution in [0.5, 0.6) is 5.75 Å². The third-order valence-corrected chi connectivity index (χ3v) is 12.0. The zero-order valence-electron chi connectivity index (χ0n) is 30.6. The van der Waals surface area contributed by atoms with Crippen LogP contribution in [0.3, 0.4) is 0 Å². The molecule has 57 heavy (non-hydrogen) atoms. The Morgan fingerprint density at radius 1 is 0.807 bits per heavy atom. The standard InChI is InChI=1S/C44H36N4O8S/c1-54-24-25-55-43(53)47-32-18-10-8-16-30(32)44(41(47)52)34(39(50)46-42-45-31-17-9-11-19-33(31)57-42)36-40(51)56-37(27-14-6-3-7-15-27)35(26-12-4-2-5-13-26)48(36)38(44)28-20-22-29(49)23-21-28/h2-23,34-38,49H,24-25H2,1H3,(H,45,46,50)/t34-,35-,36-,37+,38+,44-/m0/s1. The Balaban J connectivity index is 1.32. The average Bonchev–Trinajstić information content (AvgIpc) is 3.87. The largest absolute Gasteiger partial charge is 0.508 e. The van der Waals surface area contributed by atoms with Gasteiger partial charge in [-0.3, -0.25) is 19.3 Å². The van der Waals surface area contributed by atoms with Crippen LogP contribution in [-0.4, -0.2) is 65.2 Å². The minimum atomic E-state index is -1.93. The molecule has 0 saturated carbocycles. The molecule has 4 heterocycles. The number of para-hydroxylation sites is 2. The number of imide groups is 1. The van der Waals surface area contributed by atoms with Crippen LogP contribution in [0.4, 0.5) is 15.6 Å². The first-order chi connectivity index (χ1) is 27.8. The molecule has 5 aromatic carbocycles. The number of amides is 3. The third-order valence-electron chi connectivity index (χ3n) is 11.1. The fourth-order valence-electron chi connectivity index (χ4n) is 8.89. The highest BCUT2D eigenvalue weighted by Crippen LogP contribution is 2.66. The normalized spacial score (nSPS) is 23.9. The molecule has 0 unspecified atom stereocenters. The minimum Gasteiger partial charge on any atom is -0.508 e. The Hall–Kier alpha value is -6.41. The number of aromatic hydroxyl groups is 1. The number of esters is 1. The van der Waals surface area contributed by atoms with Gasteiger partial charge in [0.2, 0.25) is 11.8 Å². The Kier molecular flexibility index (Phi) is 9.27. The number of rotatable bonds is 8. The summed E-state index contributed by atoms with van der Waals surface area (Å²) in [4.78, 5) is 67.8. The summed E-state index contributed by atoms with van der Waals surface area (Å²) in [7, 11) is 1.47. The Morgan fingerprint density at radius 3 is 2.19 bits per heavy atom. The monoisotopic (exact) mass is 780 g/mol. The van der Waals surface area contributed by atoms with Crippen LogP contribution in [0.1, 0.15) is 40.4 Å². The van der Waals surface area contributed by atoms with Gasteiger partial charge < -0.3 is 24.6 Å². The molecule has 0 bridgehead atoms. The van der Waals surface area contributed by atoms with E-state index in [1.165, 1.54) is 30.6 Å². The van der Waals surface area contributed by atoms with Gasteiger partial charge in [0.05, 0.1) is 40.5 Å².